The molecule has 0 unspecified atom stereocenters. The normalized spacial score (nSPS) is 10.8. The molecule has 0 spiro atoms. The van der Waals surface area contributed by atoms with Crippen LogP contribution >= 0.6 is 11.6 Å². The highest BCUT2D eigenvalue weighted by atomic mass is 35.5. The van der Waals surface area contributed by atoms with Gasteiger partial charge in [-0.3, -0.25) is 4.98 Å². The minimum Gasteiger partial charge on any atom is -0.380 e. The molecule has 106 valence electrons. The van der Waals surface area contributed by atoms with Crippen molar-refractivity contribution in [2.24, 2.45) is 0 Å². The predicted octanol–water partition coefficient (Wildman–Crippen LogP) is 3.92. The van der Waals surface area contributed by atoms with Crippen LogP contribution in [0.1, 0.15) is 0 Å². The molecule has 2 N–H and O–H groups in total. The molecule has 2 aromatic heterocycles. The van der Waals surface area contributed by atoms with Crippen LogP contribution in [-0.2, 0) is 0 Å². The lowest BCUT2D eigenvalue weighted by atomic mass is 10.0. The van der Waals surface area contributed by atoms with E-state index in [2.05, 4.69) is 10.1 Å². The largest absolute Gasteiger partial charge is 0.380 e. The van der Waals surface area contributed by atoms with Gasteiger partial charge in [0.15, 0.2) is 11.6 Å². The molecule has 7 heteroatoms. The topological polar surface area (TPSA) is 64.9 Å². The van der Waals surface area contributed by atoms with E-state index in [0.29, 0.717) is 11.1 Å². The van der Waals surface area contributed by atoms with Crippen LogP contribution in [0.4, 0.5) is 14.6 Å². The molecule has 21 heavy (non-hydrogen) atoms. The van der Waals surface area contributed by atoms with E-state index in [4.69, 9.17) is 21.9 Å². The summed E-state index contributed by atoms with van der Waals surface area (Å²) in [6, 6.07) is 5.15. The van der Waals surface area contributed by atoms with E-state index in [-0.39, 0.29) is 22.2 Å². The average Bonchev–Trinajstić information content (AvgIpc) is 2.85. The van der Waals surface area contributed by atoms with Gasteiger partial charge >= 0.3 is 0 Å². The van der Waals surface area contributed by atoms with E-state index in [0.717, 1.165) is 12.1 Å². The van der Waals surface area contributed by atoms with E-state index in [1.54, 1.807) is 24.5 Å². The molecule has 3 rings (SSSR count). The van der Waals surface area contributed by atoms with Crippen molar-refractivity contribution in [3.8, 4) is 22.5 Å². The minimum absolute atomic E-state index is 0.0340. The summed E-state index contributed by atoms with van der Waals surface area (Å²) in [4.78, 5) is 3.89. The molecule has 0 fully saturated rings. The lowest BCUT2D eigenvalue weighted by Crippen LogP contribution is -1.91. The Morgan fingerprint density at radius 1 is 1.10 bits per heavy atom. The second-order valence-electron chi connectivity index (χ2n) is 4.25. The Labute approximate surface area is 123 Å². The zero-order valence-electron chi connectivity index (χ0n) is 10.5. The smallest absolute Gasteiger partial charge is 0.179 e. The molecule has 0 amide bonds. The van der Waals surface area contributed by atoms with Gasteiger partial charge < -0.3 is 10.3 Å². The van der Waals surface area contributed by atoms with Crippen LogP contribution in [0.15, 0.2) is 41.2 Å². The Hall–Kier alpha value is -2.47. The lowest BCUT2D eigenvalue weighted by molar-refractivity contribution is 0.433. The number of nitrogen functional groups attached to an aromatic ring is 1. The van der Waals surface area contributed by atoms with Gasteiger partial charge in [-0.05, 0) is 29.8 Å². The van der Waals surface area contributed by atoms with Crippen LogP contribution in [0.25, 0.3) is 22.5 Å². The van der Waals surface area contributed by atoms with Gasteiger partial charge in [0.05, 0.1) is 16.1 Å². The number of hydrogen-bond donors (Lipinski definition) is 1. The van der Waals surface area contributed by atoms with Gasteiger partial charge in [-0.25, -0.2) is 8.78 Å². The summed E-state index contributed by atoms with van der Waals surface area (Å²) in [6.45, 7) is 0. The molecule has 0 saturated carbocycles. The van der Waals surface area contributed by atoms with Crippen LogP contribution in [0, 0.1) is 11.6 Å². The zero-order valence-corrected chi connectivity index (χ0v) is 11.2. The van der Waals surface area contributed by atoms with Gasteiger partial charge in [0.2, 0.25) is 0 Å². The molecule has 0 aliphatic heterocycles. The molecule has 3 aromatic rings. The monoisotopic (exact) mass is 307 g/mol. The summed E-state index contributed by atoms with van der Waals surface area (Å²) in [7, 11) is 0. The van der Waals surface area contributed by atoms with Crippen molar-refractivity contribution < 1.29 is 13.3 Å². The summed E-state index contributed by atoms with van der Waals surface area (Å²) in [6.07, 6.45) is 3.09. The quantitative estimate of drug-likeness (QED) is 0.729. The summed E-state index contributed by atoms with van der Waals surface area (Å²) >= 11 is 5.54. The Bertz CT molecular complexity index is 805. The molecule has 0 atom stereocenters. The second kappa shape index (κ2) is 5.14. The number of pyridine rings is 1. The maximum absolute atomic E-state index is 14.0. The van der Waals surface area contributed by atoms with Crippen molar-refractivity contribution in [2.75, 3.05) is 5.73 Å². The fourth-order valence-electron chi connectivity index (χ4n) is 1.98. The third-order valence-corrected chi connectivity index (χ3v) is 3.23. The highest BCUT2D eigenvalue weighted by Gasteiger charge is 2.21. The number of benzene rings is 1. The first-order valence-corrected chi connectivity index (χ1v) is 6.26. The third kappa shape index (κ3) is 2.34. The first-order valence-electron chi connectivity index (χ1n) is 5.88. The number of halogens is 3. The van der Waals surface area contributed by atoms with Crippen LogP contribution in [-0.4, -0.2) is 10.1 Å². The maximum atomic E-state index is 14.0. The summed E-state index contributed by atoms with van der Waals surface area (Å²) in [5.41, 5.74) is 6.66. The third-order valence-electron chi connectivity index (χ3n) is 2.94. The molecule has 0 aliphatic carbocycles. The molecule has 4 nitrogen and oxygen atoms in total. The Morgan fingerprint density at radius 2 is 1.81 bits per heavy atom. The van der Waals surface area contributed by atoms with Crippen molar-refractivity contribution >= 4 is 17.4 Å². The van der Waals surface area contributed by atoms with E-state index < -0.39 is 11.6 Å². The Morgan fingerprint density at radius 3 is 2.52 bits per heavy atom. The molecule has 0 aliphatic rings. The maximum Gasteiger partial charge on any atom is 0.179 e. The van der Waals surface area contributed by atoms with Crippen LogP contribution in [0.5, 0.6) is 0 Å². The highest BCUT2D eigenvalue weighted by molar-refractivity contribution is 6.30. The summed E-state index contributed by atoms with van der Waals surface area (Å²) in [5.74, 6) is -1.38. The molecule has 2 heterocycles. The van der Waals surface area contributed by atoms with Crippen molar-refractivity contribution in [3.63, 3.8) is 0 Å². The number of hydrogen-bond acceptors (Lipinski definition) is 4. The molecule has 0 saturated heterocycles. The second-order valence-corrected chi connectivity index (χ2v) is 4.66. The SMILES string of the molecule is Nc1noc(-c2cc(F)c(Cl)cc2F)c1-c1ccncc1. The Balaban J connectivity index is 2.24. The summed E-state index contributed by atoms with van der Waals surface area (Å²) in [5, 5.41) is 3.31. The van der Waals surface area contributed by atoms with Crippen molar-refractivity contribution in [2.45, 2.75) is 0 Å². The molecule has 0 radical (unpaired) electrons. The van der Waals surface area contributed by atoms with Crippen molar-refractivity contribution in [3.05, 3.63) is 53.3 Å². The number of rotatable bonds is 2. The lowest BCUT2D eigenvalue weighted by Gasteiger charge is -2.05. The van der Waals surface area contributed by atoms with E-state index in [9.17, 15) is 8.78 Å². The van der Waals surface area contributed by atoms with E-state index in [1.807, 2.05) is 0 Å². The van der Waals surface area contributed by atoms with Crippen molar-refractivity contribution in [1.82, 2.24) is 10.1 Å². The molecular weight excluding hydrogens is 300 g/mol. The number of nitrogens with zero attached hydrogens (tertiary/aromatic N) is 2. The first-order chi connectivity index (χ1) is 10.1. The molecule has 0 bridgehead atoms. The first kappa shape index (κ1) is 13.5. The van der Waals surface area contributed by atoms with Gasteiger partial charge in [0, 0.05) is 12.4 Å². The van der Waals surface area contributed by atoms with E-state index >= 15 is 0 Å². The predicted molar refractivity (Wildman–Crippen MR) is 74.5 cm³/mol. The summed E-state index contributed by atoms with van der Waals surface area (Å²) < 4.78 is 32.7. The van der Waals surface area contributed by atoms with Gasteiger partial charge in [-0.2, -0.15) is 0 Å². The standard InChI is InChI=1S/C14H8ClF2N3O/c15-9-6-10(16)8(5-11(9)17)13-12(14(18)20-21-13)7-1-3-19-4-2-7/h1-6H,(H2,18,20). The van der Waals surface area contributed by atoms with Gasteiger partial charge in [0.25, 0.3) is 0 Å². The number of anilines is 1. The van der Waals surface area contributed by atoms with Gasteiger partial charge in [-0.15, -0.1) is 0 Å². The van der Waals surface area contributed by atoms with Crippen LogP contribution in [0.2, 0.25) is 5.02 Å². The zero-order chi connectivity index (χ0) is 15.0. The average molecular weight is 308 g/mol. The highest BCUT2D eigenvalue weighted by Crippen LogP contribution is 2.38. The Kier molecular flexibility index (Phi) is 3.31. The fourth-order valence-corrected chi connectivity index (χ4v) is 2.13. The minimum atomic E-state index is -0.760. The van der Waals surface area contributed by atoms with Crippen LogP contribution in [0.3, 0.4) is 0 Å². The van der Waals surface area contributed by atoms with Gasteiger partial charge in [-0.1, -0.05) is 16.8 Å². The van der Waals surface area contributed by atoms with E-state index in [1.165, 1.54) is 0 Å². The van der Waals surface area contributed by atoms with Gasteiger partial charge in [0.1, 0.15) is 11.6 Å². The van der Waals surface area contributed by atoms with Crippen molar-refractivity contribution in [1.29, 1.82) is 0 Å². The molecule has 1 aromatic carbocycles. The molecular formula is C14H8ClF2N3O. The number of nitrogens with two attached hydrogens (primary N) is 1. The number of aromatic nitrogens is 2. The van der Waals surface area contributed by atoms with Crippen LogP contribution < -0.4 is 5.73 Å². The fraction of sp³-hybridized carbons (Fsp3) is 0.